The lowest BCUT2D eigenvalue weighted by atomic mass is 10.1. The third kappa shape index (κ3) is 7.52. The standard InChI is InChI=1S/C27H36N2O4/c1-3-25(27(31)28-22-10-7-8-11-22)29(20-21-15-17-23(32-2)18-16-21)26(30)14-9-19-33-24-12-5-4-6-13-24/h4-6,12-13,15-18,22,25H,3,7-11,14,19-20H2,1-2H3,(H,28,31). The summed E-state index contributed by atoms with van der Waals surface area (Å²) in [7, 11) is 1.63. The predicted molar refractivity (Wildman–Crippen MR) is 129 cm³/mol. The molecule has 1 saturated carbocycles. The molecule has 1 atom stereocenters. The van der Waals surface area contributed by atoms with Gasteiger partial charge in [0.1, 0.15) is 17.5 Å². The minimum Gasteiger partial charge on any atom is -0.497 e. The number of carbonyl (C=O) groups is 2. The van der Waals surface area contributed by atoms with E-state index in [0.717, 1.165) is 42.7 Å². The van der Waals surface area contributed by atoms with Gasteiger partial charge in [0, 0.05) is 19.0 Å². The molecule has 6 heteroatoms. The second kappa shape index (κ2) is 12.9. The van der Waals surface area contributed by atoms with Crippen molar-refractivity contribution in [1.29, 1.82) is 0 Å². The summed E-state index contributed by atoms with van der Waals surface area (Å²) in [6.07, 6.45) is 5.83. The summed E-state index contributed by atoms with van der Waals surface area (Å²) < 4.78 is 11.0. The van der Waals surface area contributed by atoms with Crippen LogP contribution < -0.4 is 14.8 Å². The molecule has 0 aromatic heterocycles. The Kier molecular flexibility index (Phi) is 9.60. The second-order valence-electron chi connectivity index (χ2n) is 8.55. The Bertz CT molecular complexity index is 863. The van der Waals surface area contributed by atoms with E-state index in [2.05, 4.69) is 5.32 Å². The van der Waals surface area contributed by atoms with Gasteiger partial charge in [-0.05, 0) is 55.5 Å². The lowest BCUT2D eigenvalue weighted by Gasteiger charge is -2.31. The first-order valence-corrected chi connectivity index (χ1v) is 12.0. The van der Waals surface area contributed by atoms with Crippen LogP contribution in [0.15, 0.2) is 54.6 Å². The van der Waals surface area contributed by atoms with Crippen LogP contribution >= 0.6 is 0 Å². The number of carbonyl (C=O) groups excluding carboxylic acids is 2. The Hall–Kier alpha value is -3.02. The summed E-state index contributed by atoms with van der Waals surface area (Å²) in [5, 5.41) is 3.18. The molecular weight excluding hydrogens is 416 g/mol. The normalized spacial score (nSPS) is 14.5. The molecule has 6 nitrogen and oxygen atoms in total. The van der Waals surface area contributed by atoms with Gasteiger partial charge in [-0.3, -0.25) is 9.59 Å². The number of ether oxygens (including phenoxy) is 2. The lowest BCUT2D eigenvalue weighted by molar-refractivity contribution is -0.141. The maximum absolute atomic E-state index is 13.3. The van der Waals surface area contributed by atoms with Gasteiger partial charge < -0.3 is 19.7 Å². The maximum atomic E-state index is 13.3. The Morgan fingerprint density at radius 3 is 2.36 bits per heavy atom. The van der Waals surface area contributed by atoms with Gasteiger partial charge in [0.05, 0.1) is 13.7 Å². The fourth-order valence-electron chi connectivity index (χ4n) is 4.29. The summed E-state index contributed by atoms with van der Waals surface area (Å²) in [5.41, 5.74) is 0.969. The smallest absolute Gasteiger partial charge is 0.243 e. The minimum absolute atomic E-state index is 0.0316. The van der Waals surface area contributed by atoms with Gasteiger partial charge in [-0.25, -0.2) is 0 Å². The zero-order valence-electron chi connectivity index (χ0n) is 19.8. The molecule has 178 valence electrons. The second-order valence-corrected chi connectivity index (χ2v) is 8.55. The first-order chi connectivity index (χ1) is 16.1. The number of nitrogens with one attached hydrogen (secondary N) is 1. The Morgan fingerprint density at radius 1 is 1.03 bits per heavy atom. The van der Waals surface area contributed by atoms with Gasteiger partial charge in [-0.15, -0.1) is 0 Å². The van der Waals surface area contributed by atoms with E-state index in [1.807, 2.05) is 61.5 Å². The number of benzene rings is 2. The van der Waals surface area contributed by atoms with Crippen molar-refractivity contribution < 1.29 is 19.1 Å². The van der Waals surface area contributed by atoms with E-state index in [1.54, 1.807) is 12.0 Å². The highest BCUT2D eigenvalue weighted by Gasteiger charge is 2.30. The Balaban J connectivity index is 1.65. The molecule has 1 fully saturated rings. The zero-order valence-corrected chi connectivity index (χ0v) is 19.8. The molecule has 3 rings (SSSR count). The summed E-state index contributed by atoms with van der Waals surface area (Å²) in [5.74, 6) is 1.48. The number of amides is 2. The van der Waals surface area contributed by atoms with Crippen molar-refractivity contribution in [2.75, 3.05) is 13.7 Å². The van der Waals surface area contributed by atoms with Crippen molar-refractivity contribution in [2.24, 2.45) is 0 Å². The Morgan fingerprint density at radius 2 is 1.73 bits per heavy atom. The van der Waals surface area contributed by atoms with Crippen LogP contribution in [0.25, 0.3) is 0 Å². The van der Waals surface area contributed by atoms with E-state index in [4.69, 9.17) is 9.47 Å². The molecule has 1 unspecified atom stereocenters. The van der Waals surface area contributed by atoms with Crippen LogP contribution in [0, 0.1) is 0 Å². The van der Waals surface area contributed by atoms with E-state index in [9.17, 15) is 9.59 Å². The molecule has 0 aliphatic heterocycles. The highest BCUT2D eigenvalue weighted by Crippen LogP contribution is 2.20. The van der Waals surface area contributed by atoms with Crippen LogP contribution in [0.1, 0.15) is 57.4 Å². The van der Waals surface area contributed by atoms with Crippen LogP contribution in [0.2, 0.25) is 0 Å². The molecule has 0 heterocycles. The van der Waals surface area contributed by atoms with Crippen molar-refractivity contribution in [3.05, 3.63) is 60.2 Å². The maximum Gasteiger partial charge on any atom is 0.243 e. The first-order valence-electron chi connectivity index (χ1n) is 12.0. The quantitative estimate of drug-likeness (QED) is 0.473. The highest BCUT2D eigenvalue weighted by molar-refractivity contribution is 5.87. The van der Waals surface area contributed by atoms with Crippen molar-refractivity contribution in [3.8, 4) is 11.5 Å². The third-order valence-electron chi connectivity index (χ3n) is 6.15. The molecule has 2 aromatic carbocycles. The van der Waals surface area contributed by atoms with Crippen molar-refractivity contribution in [3.63, 3.8) is 0 Å². The van der Waals surface area contributed by atoms with Gasteiger partial charge >= 0.3 is 0 Å². The largest absolute Gasteiger partial charge is 0.497 e. The molecule has 1 aliphatic rings. The fourth-order valence-corrected chi connectivity index (χ4v) is 4.29. The molecule has 1 N–H and O–H groups in total. The molecule has 0 radical (unpaired) electrons. The molecule has 33 heavy (non-hydrogen) atoms. The summed E-state index contributed by atoms with van der Waals surface area (Å²) >= 11 is 0. The predicted octanol–water partition coefficient (Wildman–Crippen LogP) is 4.72. The molecule has 2 amide bonds. The first kappa shape index (κ1) is 24.6. The number of methoxy groups -OCH3 is 1. The number of nitrogens with zero attached hydrogens (tertiary/aromatic N) is 1. The van der Waals surface area contributed by atoms with E-state index >= 15 is 0 Å². The number of para-hydroxylation sites is 1. The van der Waals surface area contributed by atoms with Crippen molar-refractivity contribution in [2.45, 2.75) is 70.5 Å². The molecule has 2 aromatic rings. The average Bonchev–Trinajstić information content (AvgIpc) is 3.35. The van der Waals surface area contributed by atoms with Crippen molar-refractivity contribution in [1.82, 2.24) is 10.2 Å². The number of rotatable bonds is 12. The van der Waals surface area contributed by atoms with Crippen LogP contribution in [-0.4, -0.2) is 42.5 Å². The topological polar surface area (TPSA) is 67.9 Å². The molecule has 0 spiro atoms. The summed E-state index contributed by atoms with van der Waals surface area (Å²) in [4.78, 5) is 28.2. The SMILES string of the molecule is CCC(C(=O)NC1CCCC1)N(Cc1ccc(OC)cc1)C(=O)CCCOc1ccccc1. The van der Waals surface area contributed by atoms with Gasteiger partial charge in [0.2, 0.25) is 11.8 Å². The van der Waals surface area contributed by atoms with Gasteiger partial charge in [0.25, 0.3) is 0 Å². The van der Waals surface area contributed by atoms with E-state index in [0.29, 0.717) is 32.4 Å². The zero-order chi connectivity index (χ0) is 23.5. The van der Waals surface area contributed by atoms with Gasteiger partial charge in [-0.2, -0.15) is 0 Å². The average molecular weight is 453 g/mol. The van der Waals surface area contributed by atoms with Crippen LogP contribution in [0.3, 0.4) is 0 Å². The van der Waals surface area contributed by atoms with Crippen LogP contribution in [0.5, 0.6) is 11.5 Å². The Labute approximate surface area is 197 Å². The number of hydrogen-bond donors (Lipinski definition) is 1. The highest BCUT2D eigenvalue weighted by atomic mass is 16.5. The molecule has 1 aliphatic carbocycles. The molecule has 0 saturated heterocycles. The summed E-state index contributed by atoms with van der Waals surface area (Å²) in [6.45, 7) is 2.81. The van der Waals surface area contributed by atoms with Gasteiger partial charge in [-0.1, -0.05) is 50.1 Å². The number of hydrogen-bond acceptors (Lipinski definition) is 4. The van der Waals surface area contributed by atoms with E-state index in [1.165, 1.54) is 0 Å². The van der Waals surface area contributed by atoms with Crippen LogP contribution in [-0.2, 0) is 16.1 Å². The molecular formula is C27H36N2O4. The van der Waals surface area contributed by atoms with E-state index in [-0.39, 0.29) is 17.9 Å². The minimum atomic E-state index is -0.491. The van der Waals surface area contributed by atoms with Crippen LogP contribution in [0.4, 0.5) is 0 Å². The lowest BCUT2D eigenvalue weighted by Crippen LogP contribution is -2.50. The molecule has 0 bridgehead atoms. The van der Waals surface area contributed by atoms with E-state index < -0.39 is 6.04 Å². The monoisotopic (exact) mass is 452 g/mol. The van der Waals surface area contributed by atoms with Crippen molar-refractivity contribution >= 4 is 11.8 Å². The third-order valence-corrected chi connectivity index (χ3v) is 6.15. The fraction of sp³-hybridized carbons (Fsp3) is 0.481. The summed E-state index contributed by atoms with van der Waals surface area (Å²) in [6, 6.07) is 17.0. The van der Waals surface area contributed by atoms with Gasteiger partial charge in [0.15, 0.2) is 0 Å².